The fourth-order valence-corrected chi connectivity index (χ4v) is 5.12. The molecule has 2 aliphatic heterocycles. The standard InChI is InChI=1S/C27H37N5O4/c1-20-14-21(2)17-32(16-20)26(34)19-31-11-9-30(10-12-31)18-25(33)29-24-8-4-3-7-23(24)27(35)28-15-22-6-5-13-36-22/h3-8,13,20-21H,9-12,14-19H2,1-2H3,(H,28,35)(H,29,33). The van der Waals surface area contributed by atoms with Crippen LogP contribution < -0.4 is 10.6 Å². The first-order valence-electron chi connectivity index (χ1n) is 12.8. The predicted octanol–water partition coefficient (Wildman–Crippen LogP) is 2.27. The summed E-state index contributed by atoms with van der Waals surface area (Å²) < 4.78 is 5.25. The molecule has 2 N–H and O–H groups in total. The maximum Gasteiger partial charge on any atom is 0.253 e. The van der Waals surface area contributed by atoms with E-state index in [1.54, 1.807) is 42.7 Å². The second-order valence-electron chi connectivity index (χ2n) is 10.2. The van der Waals surface area contributed by atoms with E-state index in [0.717, 1.165) is 39.3 Å². The molecule has 2 fully saturated rings. The molecule has 2 unspecified atom stereocenters. The van der Waals surface area contributed by atoms with Crippen molar-refractivity contribution in [3.05, 3.63) is 54.0 Å². The molecule has 2 atom stereocenters. The summed E-state index contributed by atoms with van der Waals surface area (Å²) in [5.41, 5.74) is 0.885. The zero-order chi connectivity index (χ0) is 25.5. The Morgan fingerprint density at radius 3 is 2.25 bits per heavy atom. The molecule has 0 spiro atoms. The maximum absolute atomic E-state index is 12.8. The maximum atomic E-state index is 12.8. The molecule has 0 radical (unpaired) electrons. The van der Waals surface area contributed by atoms with Crippen molar-refractivity contribution in [1.29, 1.82) is 0 Å². The van der Waals surface area contributed by atoms with Crippen molar-refractivity contribution in [2.75, 3.05) is 57.7 Å². The third kappa shape index (κ3) is 7.18. The van der Waals surface area contributed by atoms with Crippen molar-refractivity contribution in [2.45, 2.75) is 26.8 Å². The number of nitrogens with one attached hydrogen (secondary N) is 2. The first-order valence-corrected chi connectivity index (χ1v) is 12.8. The number of piperazine rings is 1. The van der Waals surface area contributed by atoms with Crippen LogP contribution >= 0.6 is 0 Å². The van der Waals surface area contributed by atoms with Crippen LogP contribution in [-0.4, -0.2) is 84.8 Å². The molecule has 2 aliphatic rings. The van der Waals surface area contributed by atoms with E-state index >= 15 is 0 Å². The smallest absolute Gasteiger partial charge is 0.253 e. The van der Waals surface area contributed by atoms with Crippen LogP contribution in [0.25, 0.3) is 0 Å². The summed E-state index contributed by atoms with van der Waals surface area (Å²) in [5, 5.41) is 5.70. The highest BCUT2D eigenvalue weighted by atomic mass is 16.3. The molecule has 2 saturated heterocycles. The zero-order valence-electron chi connectivity index (χ0n) is 21.2. The molecule has 9 nitrogen and oxygen atoms in total. The van der Waals surface area contributed by atoms with Crippen LogP contribution in [-0.2, 0) is 16.1 Å². The first kappa shape index (κ1) is 25.9. The number of benzene rings is 1. The van der Waals surface area contributed by atoms with Crippen LogP contribution in [0.2, 0.25) is 0 Å². The summed E-state index contributed by atoms with van der Waals surface area (Å²) in [7, 11) is 0. The van der Waals surface area contributed by atoms with E-state index in [2.05, 4.69) is 34.3 Å². The van der Waals surface area contributed by atoms with Gasteiger partial charge in [-0.15, -0.1) is 0 Å². The fourth-order valence-electron chi connectivity index (χ4n) is 5.12. The highest BCUT2D eigenvalue weighted by Gasteiger charge is 2.28. The van der Waals surface area contributed by atoms with Gasteiger partial charge in [0.2, 0.25) is 11.8 Å². The van der Waals surface area contributed by atoms with Crippen molar-refractivity contribution in [2.24, 2.45) is 11.8 Å². The van der Waals surface area contributed by atoms with Crippen LogP contribution in [0.15, 0.2) is 47.1 Å². The van der Waals surface area contributed by atoms with Crippen molar-refractivity contribution in [1.82, 2.24) is 20.0 Å². The van der Waals surface area contributed by atoms with E-state index in [4.69, 9.17) is 4.42 Å². The Balaban J connectivity index is 1.22. The monoisotopic (exact) mass is 495 g/mol. The number of hydrogen-bond donors (Lipinski definition) is 2. The average molecular weight is 496 g/mol. The zero-order valence-corrected chi connectivity index (χ0v) is 21.2. The van der Waals surface area contributed by atoms with Gasteiger partial charge in [0.05, 0.1) is 37.1 Å². The molecule has 194 valence electrons. The van der Waals surface area contributed by atoms with E-state index in [1.165, 1.54) is 6.42 Å². The van der Waals surface area contributed by atoms with Crippen molar-refractivity contribution in [3.8, 4) is 0 Å². The highest BCUT2D eigenvalue weighted by molar-refractivity contribution is 6.04. The van der Waals surface area contributed by atoms with Gasteiger partial charge in [-0.1, -0.05) is 26.0 Å². The number of piperidine rings is 1. The summed E-state index contributed by atoms with van der Waals surface area (Å²) >= 11 is 0. The number of likely N-dealkylation sites (tertiary alicyclic amines) is 1. The Labute approximate surface area is 212 Å². The minimum absolute atomic E-state index is 0.165. The number of para-hydroxylation sites is 1. The SMILES string of the molecule is CC1CC(C)CN(C(=O)CN2CCN(CC(=O)Nc3ccccc3C(=O)NCc3ccco3)CC2)C1. The molecule has 36 heavy (non-hydrogen) atoms. The molecular formula is C27H37N5O4. The summed E-state index contributed by atoms with van der Waals surface area (Å²) in [6, 6.07) is 10.5. The Hall–Kier alpha value is -3.17. The number of rotatable bonds is 8. The van der Waals surface area contributed by atoms with Crippen molar-refractivity contribution >= 4 is 23.4 Å². The molecular weight excluding hydrogens is 458 g/mol. The van der Waals surface area contributed by atoms with Gasteiger partial charge in [-0.2, -0.15) is 0 Å². The lowest BCUT2D eigenvalue weighted by molar-refractivity contribution is -0.135. The topological polar surface area (TPSA) is 98.1 Å². The van der Waals surface area contributed by atoms with E-state index < -0.39 is 0 Å². The molecule has 0 aliphatic carbocycles. The lowest BCUT2D eigenvalue weighted by Gasteiger charge is -2.38. The van der Waals surface area contributed by atoms with Gasteiger partial charge in [0.15, 0.2) is 0 Å². The van der Waals surface area contributed by atoms with Crippen LogP contribution in [0, 0.1) is 11.8 Å². The second-order valence-corrected chi connectivity index (χ2v) is 10.2. The quantitative estimate of drug-likeness (QED) is 0.583. The molecule has 0 saturated carbocycles. The lowest BCUT2D eigenvalue weighted by atomic mass is 9.92. The normalized spacial score (nSPS) is 21.2. The lowest BCUT2D eigenvalue weighted by Crippen LogP contribution is -2.52. The average Bonchev–Trinajstić information content (AvgIpc) is 3.37. The van der Waals surface area contributed by atoms with Crippen LogP contribution in [0.5, 0.6) is 0 Å². The second kappa shape index (κ2) is 12.2. The minimum Gasteiger partial charge on any atom is -0.467 e. The van der Waals surface area contributed by atoms with Crippen molar-refractivity contribution in [3.63, 3.8) is 0 Å². The number of furan rings is 1. The first-order chi connectivity index (χ1) is 17.4. The van der Waals surface area contributed by atoms with E-state index in [-0.39, 0.29) is 30.8 Å². The van der Waals surface area contributed by atoms with Gasteiger partial charge in [0.1, 0.15) is 5.76 Å². The Kier molecular flexibility index (Phi) is 8.77. The van der Waals surface area contributed by atoms with Crippen LogP contribution in [0.4, 0.5) is 5.69 Å². The van der Waals surface area contributed by atoms with Gasteiger partial charge >= 0.3 is 0 Å². The minimum atomic E-state index is -0.280. The van der Waals surface area contributed by atoms with Gasteiger partial charge in [-0.05, 0) is 42.5 Å². The molecule has 2 aromatic rings. The number of hydrogen-bond acceptors (Lipinski definition) is 6. The van der Waals surface area contributed by atoms with Crippen LogP contribution in [0.1, 0.15) is 36.4 Å². The summed E-state index contributed by atoms with van der Waals surface area (Å²) in [6.07, 6.45) is 2.74. The predicted molar refractivity (Wildman–Crippen MR) is 137 cm³/mol. The number of carbonyl (C=O) groups is 3. The number of carbonyl (C=O) groups excluding carboxylic acids is 3. The number of amides is 3. The molecule has 4 rings (SSSR count). The van der Waals surface area contributed by atoms with Gasteiger partial charge in [-0.25, -0.2) is 0 Å². The van der Waals surface area contributed by atoms with E-state index in [0.29, 0.717) is 35.4 Å². The fraction of sp³-hybridized carbons (Fsp3) is 0.519. The van der Waals surface area contributed by atoms with Crippen molar-refractivity contribution < 1.29 is 18.8 Å². The van der Waals surface area contributed by atoms with E-state index in [1.807, 2.05) is 4.90 Å². The van der Waals surface area contributed by atoms with Gasteiger partial charge in [0, 0.05) is 39.3 Å². The molecule has 1 aromatic heterocycles. The Morgan fingerprint density at radius 2 is 1.58 bits per heavy atom. The third-order valence-corrected chi connectivity index (χ3v) is 6.86. The number of nitrogens with zero attached hydrogens (tertiary/aromatic N) is 3. The Morgan fingerprint density at radius 1 is 0.917 bits per heavy atom. The molecule has 3 heterocycles. The summed E-state index contributed by atoms with van der Waals surface area (Å²) in [5.74, 6) is 1.54. The third-order valence-electron chi connectivity index (χ3n) is 6.86. The summed E-state index contributed by atoms with van der Waals surface area (Å²) in [6.45, 7) is 10.0. The largest absolute Gasteiger partial charge is 0.467 e. The van der Waals surface area contributed by atoms with Gasteiger partial charge in [0.25, 0.3) is 5.91 Å². The highest BCUT2D eigenvalue weighted by Crippen LogP contribution is 2.21. The molecule has 0 bridgehead atoms. The summed E-state index contributed by atoms with van der Waals surface area (Å²) in [4.78, 5) is 44.5. The molecule has 9 heteroatoms. The van der Waals surface area contributed by atoms with E-state index in [9.17, 15) is 14.4 Å². The van der Waals surface area contributed by atoms with Gasteiger partial charge < -0.3 is 20.0 Å². The molecule has 3 amide bonds. The van der Waals surface area contributed by atoms with Crippen LogP contribution in [0.3, 0.4) is 0 Å². The Bertz CT molecular complexity index is 1020. The van der Waals surface area contributed by atoms with Gasteiger partial charge in [-0.3, -0.25) is 24.2 Å². The molecule has 1 aromatic carbocycles. The number of anilines is 1.